The van der Waals surface area contributed by atoms with Crippen molar-refractivity contribution >= 4 is 5.91 Å². The van der Waals surface area contributed by atoms with Crippen LogP contribution in [0.3, 0.4) is 0 Å². The van der Waals surface area contributed by atoms with Gasteiger partial charge in [0, 0.05) is 12.6 Å². The Morgan fingerprint density at radius 1 is 1.44 bits per heavy atom. The first-order valence-electron chi connectivity index (χ1n) is 7.36. The van der Waals surface area contributed by atoms with E-state index in [9.17, 15) is 4.79 Å². The fourth-order valence-electron chi connectivity index (χ4n) is 2.91. The molecule has 1 heterocycles. The standard InChI is InChI=1S/C14H26N2O2/c1-3-11(2)15-10-14(17)16-8-9-18-13-7-5-4-6-12(13)16/h11-13,15H,3-10H2,1-2H3. The maximum Gasteiger partial charge on any atom is 0.236 e. The Hall–Kier alpha value is -0.610. The number of hydrogen-bond acceptors (Lipinski definition) is 3. The molecule has 1 aliphatic heterocycles. The van der Waals surface area contributed by atoms with E-state index in [0.29, 0.717) is 31.3 Å². The number of amides is 1. The molecule has 1 amide bonds. The average molecular weight is 254 g/mol. The Morgan fingerprint density at radius 2 is 2.22 bits per heavy atom. The third-order valence-corrected chi connectivity index (χ3v) is 4.27. The number of nitrogens with zero attached hydrogens (tertiary/aromatic N) is 1. The van der Waals surface area contributed by atoms with Crippen LogP contribution in [0.4, 0.5) is 0 Å². The Bertz CT molecular complexity index is 281. The van der Waals surface area contributed by atoms with Gasteiger partial charge in [0.2, 0.25) is 5.91 Å². The molecule has 0 aromatic carbocycles. The minimum Gasteiger partial charge on any atom is -0.374 e. The number of nitrogens with one attached hydrogen (secondary N) is 1. The van der Waals surface area contributed by atoms with Gasteiger partial charge in [-0.15, -0.1) is 0 Å². The highest BCUT2D eigenvalue weighted by Crippen LogP contribution is 2.28. The number of hydrogen-bond donors (Lipinski definition) is 1. The van der Waals surface area contributed by atoms with Gasteiger partial charge < -0.3 is 15.0 Å². The van der Waals surface area contributed by atoms with E-state index < -0.39 is 0 Å². The summed E-state index contributed by atoms with van der Waals surface area (Å²) < 4.78 is 5.79. The lowest BCUT2D eigenvalue weighted by Crippen LogP contribution is -2.56. The Morgan fingerprint density at radius 3 is 3.00 bits per heavy atom. The highest BCUT2D eigenvalue weighted by atomic mass is 16.5. The van der Waals surface area contributed by atoms with Crippen molar-refractivity contribution in [2.24, 2.45) is 0 Å². The van der Waals surface area contributed by atoms with E-state index in [-0.39, 0.29) is 5.91 Å². The SMILES string of the molecule is CCC(C)NCC(=O)N1CCOC2CCCCC21. The minimum absolute atomic E-state index is 0.246. The van der Waals surface area contributed by atoms with Crippen molar-refractivity contribution in [1.82, 2.24) is 10.2 Å². The summed E-state index contributed by atoms with van der Waals surface area (Å²) in [6.45, 7) is 6.20. The van der Waals surface area contributed by atoms with Crippen LogP contribution in [0.25, 0.3) is 0 Å². The molecule has 18 heavy (non-hydrogen) atoms. The van der Waals surface area contributed by atoms with Crippen LogP contribution >= 0.6 is 0 Å². The predicted molar refractivity (Wildman–Crippen MR) is 71.5 cm³/mol. The van der Waals surface area contributed by atoms with Crippen molar-refractivity contribution in [3.05, 3.63) is 0 Å². The molecule has 1 saturated carbocycles. The monoisotopic (exact) mass is 254 g/mol. The normalized spacial score (nSPS) is 29.8. The number of ether oxygens (including phenoxy) is 1. The van der Waals surface area contributed by atoms with Crippen molar-refractivity contribution in [3.63, 3.8) is 0 Å². The summed E-state index contributed by atoms with van der Waals surface area (Å²) >= 11 is 0. The third-order valence-electron chi connectivity index (χ3n) is 4.27. The van der Waals surface area contributed by atoms with Crippen LogP contribution < -0.4 is 5.32 Å². The zero-order valence-electron chi connectivity index (χ0n) is 11.7. The molecule has 4 heteroatoms. The molecule has 0 bridgehead atoms. The number of fused-ring (bicyclic) bond motifs is 1. The van der Waals surface area contributed by atoms with Crippen LogP contribution in [0.1, 0.15) is 46.0 Å². The fourth-order valence-corrected chi connectivity index (χ4v) is 2.91. The summed E-state index contributed by atoms with van der Waals surface area (Å²) in [5.74, 6) is 0.246. The number of rotatable bonds is 4. The molecule has 1 saturated heterocycles. The van der Waals surface area contributed by atoms with Crippen molar-refractivity contribution in [3.8, 4) is 0 Å². The summed E-state index contributed by atoms with van der Waals surface area (Å²) in [6, 6.07) is 0.746. The second-order valence-corrected chi connectivity index (χ2v) is 5.54. The number of morpholine rings is 1. The smallest absolute Gasteiger partial charge is 0.236 e. The molecule has 104 valence electrons. The molecule has 1 aliphatic carbocycles. The van der Waals surface area contributed by atoms with Crippen molar-refractivity contribution in [1.29, 1.82) is 0 Å². The van der Waals surface area contributed by atoms with E-state index in [4.69, 9.17) is 4.74 Å². The molecule has 0 spiro atoms. The third kappa shape index (κ3) is 3.23. The average Bonchev–Trinajstić information content (AvgIpc) is 2.43. The zero-order chi connectivity index (χ0) is 13.0. The number of carbonyl (C=O) groups is 1. The molecular weight excluding hydrogens is 228 g/mol. The molecule has 3 atom stereocenters. The molecule has 4 nitrogen and oxygen atoms in total. The van der Waals surface area contributed by atoms with Crippen LogP contribution in [-0.4, -0.2) is 48.7 Å². The quantitative estimate of drug-likeness (QED) is 0.827. The molecular formula is C14H26N2O2. The Labute approximate surface area is 110 Å². The molecule has 0 aromatic rings. The molecule has 2 aliphatic rings. The molecule has 0 radical (unpaired) electrons. The molecule has 3 unspecified atom stereocenters. The fraction of sp³-hybridized carbons (Fsp3) is 0.929. The highest BCUT2D eigenvalue weighted by molar-refractivity contribution is 5.78. The molecule has 0 aromatic heterocycles. The zero-order valence-corrected chi connectivity index (χ0v) is 11.7. The highest BCUT2D eigenvalue weighted by Gasteiger charge is 2.36. The van der Waals surface area contributed by atoms with E-state index in [0.717, 1.165) is 25.8 Å². The van der Waals surface area contributed by atoms with Gasteiger partial charge in [-0.05, 0) is 26.2 Å². The first-order chi connectivity index (χ1) is 8.72. The van der Waals surface area contributed by atoms with Gasteiger partial charge in [-0.2, -0.15) is 0 Å². The van der Waals surface area contributed by atoms with Gasteiger partial charge in [0.05, 0.1) is 25.3 Å². The second-order valence-electron chi connectivity index (χ2n) is 5.54. The summed E-state index contributed by atoms with van der Waals surface area (Å²) in [5, 5.41) is 3.29. The van der Waals surface area contributed by atoms with Crippen LogP contribution in [-0.2, 0) is 9.53 Å². The van der Waals surface area contributed by atoms with Crippen LogP contribution in [0.15, 0.2) is 0 Å². The lowest BCUT2D eigenvalue weighted by Gasteiger charge is -2.44. The van der Waals surface area contributed by atoms with Crippen LogP contribution in [0, 0.1) is 0 Å². The Kier molecular flexibility index (Phi) is 5.01. The van der Waals surface area contributed by atoms with E-state index in [1.165, 1.54) is 12.8 Å². The van der Waals surface area contributed by atoms with Crippen LogP contribution in [0.2, 0.25) is 0 Å². The van der Waals surface area contributed by atoms with E-state index in [1.54, 1.807) is 0 Å². The van der Waals surface area contributed by atoms with Gasteiger partial charge >= 0.3 is 0 Å². The first-order valence-corrected chi connectivity index (χ1v) is 7.36. The maximum atomic E-state index is 12.3. The van der Waals surface area contributed by atoms with Gasteiger partial charge in [-0.1, -0.05) is 19.8 Å². The second kappa shape index (κ2) is 6.53. The molecule has 2 fully saturated rings. The largest absolute Gasteiger partial charge is 0.374 e. The summed E-state index contributed by atoms with van der Waals surface area (Å²) in [5.41, 5.74) is 0. The van der Waals surface area contributed by atoms with Gasteiger partial charge in [-0.3, -0.25) is 4.79 Å². The molecule has 1 N–H and O–H groups in total. The number of carbonyl (C=O) groups excluding carboxylic acids is 1. The molecule has 2 rings (SSSR count). The van der Waals surface area contributed by atoms with Crippen molar-refractivity contribution in [2.45, 2.75) is 64.1 Å². The van der Waals surface area contributed by atoms with Gasteiger partial charge in [0.1, 0.15) is 0 Å². The van der Waals surface area contributed by atoms with Gasteiger partial charge in [0.25, 0.3) is 0 Å². The van der Waals surface area contributed by atoms with E-state index in [1.807, 2.05) is 0 Å². The predicted octanol–water partition coefficient (Wildman–Crippen LogP) is 1.54. The summed E-state index contributed by atoms with van der Waals surface area (Å²) in [6.07, 6.45) is 6.05. The maximum absolute atomic E-state index is 12.3. The van der Waals surface area contributed by atoms with Crippen molar-refractivity contribution < 1.29 is 9.53 Å². The first kappa shape index (κ1) is 13.8. The summed E-state index contributed by atoms with van der Waals surface area (Å²) in [4.78, 5) is 14.3. The topological polar surface area (TPSA) is 41.6 Å². The lowest BCUT2D eigenvalue weighted by molar-refractivity contribution is -0.148. The van der Waals surface area contributed by atoms with Crippen molar-refractivity contribution in [2.75, 3.05) is 19.7 Å². The lowest BCUT2D eigenvalue weighted by atomic mass is 9.90. The van der Waals surface area contributed by atoms with E-state index >= 15 is 0 Å². The summed E-state index contributed by atoms with van der Waals surface area (Å²) in [7, 11) is 0. The minimum atomic E-state index is 0.246. The van der Waals surface area contributed by atoms with Gasteiger partial charge in [-0.25, -0.2) is 0 Å². The van der Waals surface area contributed by atoms with Crippen LogP contribution in [0.5, 0.6) is 0 Å². The Balaban J connectivity index is 1.87. The van der Waals surface area contributed by atoms with Gasteiger partial charge in [0.15, 0.2) is 0 Å². The van der Waals surface area contributed by atoms with E-state index in [2.05, 4.69) is 24.1 Å².